The van der Waals surface area contributed by atoms with Crippen molar-refractivity contribution in [1.82, 2.24) is 4.98 Å². The van der Waals surface area contributed by atoms with Crippen molar-refractivity contribution in [3.8, 4) is 16.9 Å². The largest absolute Gasteiger partial charge is 0.507 e. The molecule has 0 amide bonds. The van der Waals surface area contributed by atoms with Crippen LogP contribution in [0.1, 0.15) is 11.3 Å². The number of halogens is 6. The molecule has 3 nitrogen and oxygen atoms in total. The molecule has 0 aliphatic heterocycles. The molecule has 2 aromatic rings. The molecule has 9 heteroatoms. The fourth-order valence-electron chi connectivity index (χ4n) is 1.83. The molecule has 1 aromatic heterocycles. The minimum absolute atomic E-state index is 0.247. The second-order valence-electron chi connectivity index (χ2n) is 4.35. The Labute approximate surface area is 118 Å². The molecule has 2 rings (SSSR count). The first-order chi connectivity index (χ1) is 10.00. The van der Waals surface area contributed by atoms with E-state index in [2.05, 4.69) is 0 Å². The third kappa shape index (κ3) is 3.07. The van der Waals surface area contributed by atoms with Crippen LogP contribution in [0.5, 0.6) is 5.75 Å². The molecule has 0 aliphatic rings. The van der Waals surface area contributed by atoms with E-state index in [1.54, 1.807) is 0 Å². The van der Waals surface area contributed by atoms with Crippen molar-refractivity contribution in [2.45, 2.75) is 12.4 Å². The lowest BCUT2D eigenvalue weighted by Crippen LogP contribution is -2.18. The number of hydrogen-bond donors (Lipinski definition) is 2. The standard InChI is InChI=1S/C13H7F6NO2/c14-12(15,16)7-3-1-2-6(4-7)10-8(21)5-9(13(17,18)19)20-11(10)22/h1-5H,(H2,20,21,22). The van der Waals surface area contributed by atoms with E-state index in [4.69, 9.17) is 0 Å². The van der Waals surface area contributed by atoms with E-state index < -0.39 is 40.5 Å². The molecule has 22 heavy (non-hydrogen) atoms. The fourth-order valence-corrected chi connectivity index (χ4v) is 1.83. The maximum Gasteiger partial charge on any atom is 0.431 e. The summed E-state index contributed by atoms with van der Waals surface area (Å²) in [6.45, 7) is 0. The van der Waals surface area contributed by atoms with Crippen LogP contribution < -0.4 is 5.56 Å². The minimum atomic E-state index is -4.90. The highest BCUT2D eigenvalue weighted by molar-refractivity contribution is 5.70. The Morgan fingerprint density at radius 3 is 2.09 bits per heavy atom. The number of rotatable bonds is 1. The Balaban J connectivity index is 2.62. The maximum absolute atomic E-state index is 12.6. The first kappa shape index (κ1) is 15.9. The van der Waals surface area contributed by atoms with E-state index in [1.165, 1.54) is 4.98 Å². The van der Waals surface area contributed by atoms with Gasteiger partial charge in [0.2, 0.25) is 0 Å². The summed E-state index contributed by atoms with van der Waals surface area (Å²) in [5.41, 5.74) is -4.94. The van der Waals surface area contributed by atoms with Gasteiger partial charge < -0.3 is 10.1 Å². The van der Waals surface area contributed by atoms with Crippen molar-refractivity contribution in [3.05, 3.63) is 51.9 Å². The predicted molar refractivity (Wildman–Crippen MR) is 64.2 cm³/mol. The fraction of sp³-hybridized carbons (Fsp3) is 0.154. The summed E-state index contributed by atoms with van der Waals surface area (Å²) < 4.78 is 75.2. The lowest BCUT2D eigenvalue weighted by molar-refractivity contribution is -0.141. The van der Waals surface area contributed by atoms with Gasteiger partial charge in [-0.3, -0.25) is 4.79 Å². The van der Waals surface area contributed by atoms with Crippen LogP contribution in [0.2, 0.25) is 0 Å². The van der Waals surface area contributed by atoms with Crippen LogP contribution in [0, 0.1) is 0 Å². The maximum atomic E-state index is 12.6. The molecular weight excluding hydrogens is 316 g/mol. The van der Waals surface area contributed by atoms with Crippen LogP contribution in [0.4, 0.5) is 26.3 Å². The molecule has 0 unspecified atom stereocenters. The Kier molecular flexibility index (Phi) is 3.68. The van der Waals surface area contributed by atoms with Crippen molar-refractivity contribution >= 4 is 0 Å². The number of alkyl halides is 6. The van der Waals surface area contributed by atoms with Gasteiger partial charge in [-0.05, 0) is 17.7 Å². The van der Waals surface area contributed by atoms with Crippen molar-refractivity contribution in [3.63, 3.8) is 0 Å². The van der Waals surface area contributed by atoms with E-state index in [-0.39, 0.29) is 11.6 Å². The number of aromatic nitrogens is 1. The van der Waals surface area contributed by atoms with Crippen LogP contribution >= 0.6 is 0 Å². The first-order valence-electron chi connectivity index (χ1n) is 5.71. The highest BCUT2D eigenvalue weighted by atomic mass is 19.4. The summed E-state index contributed by atoms with van der Waals surface area (Å²) in [5, 5.41) is 9.58. The van der Waals surface area contributed by atoms with Crippen LogP contribution in [0.3, 0.4) is 0 Å². The van der Waals surface area contributed by atoms with Gasteiger partial charge in [0.15, 0.2) is 0 Å². The number of H-pyrrole nitrogens is 1. The second kappa shape index (κ2) is 5.08. The summed E-state index contributed by atoms with van der Waals surface area (Å²) in [5.74, 6) is -1.06. The third-order valence-electron chi connectivity index (χ3n) is 2.80. The van der Waals surface area contributed by atoms with Crippen LogP contribution in [-0.2, 0) is 12.4 Å². The smallest absolute Gasteiger partial charge is 0.431 e. The molecule has 0 bridgehead atoms. The zero-order valence-electron chi connectivity index (χ0n) is 10.5. The molecule has 0 saturated heterocycles. The van der Waals surface area contributed by atoms with E-state index >= 15 is 0 Å². The summed E-state index contributed by atoms with van der Waals surface area (Å²) in [6, 6.07) is 3.61. The first-order valence-corrected chi connectivity index (χ1v) is 5.71. The summed E-state index contributed by atoms with van der Waals surface area (Å²) in [6.07, 6.45) is -9.59. The number of benzene rings is 1. The molecule has 2 N–H and O–H groups in total. The van der Waals surface area contributed by atoms with Gasteiger partial charge in [-0.25, -0.2) is 0 Å². The Morgan fingerprint density at radius 2 is 1.59 bits per heavy atom. The van der Waals surface area contributed by atoms with Crippen LogP contribution in [-0.4, -0.2) is 10.1 Å². The van der Waals surface area contributed by atoms with Gasteiger partial charge in [0.25, 0.3) is 5.56 Å². The van der Waals surface area contributed by atoms with Crippen molar-refractivity contribution in [2.24, 2.45) is 0 Å². The predicted octanol–water partition coefficient (Wildman–Crippen LogP) is 3.79. The van der Waals surface area contributed by atoms with E-state index in [0.717, 1.165) is 18.2 Å². The molecule has 1 heterocycles. The van der Waals surface area contributed by atoms with Gasteiger partial charge in [0.1, 0.15) is 11.4 Å². The number of aromatic amines is 1. The Morgan fingerprint density at radius 1 is 0.955 bits per heavy atom. The number of aromatic hydroxyl groups is 1. The van der Waals surface area contributed by atoms with Crippen LogP contribution in [0.25, 0.3) is 11.1 Å². The number of pyridine rings is 1. The van der Waals surface area contributed by atoms with Crippen molar-refractivity contribution in [2.75, 3.05) is 0 Å². The summed E-state index contributed by atoms with van der Waals surface area (Å²) in [4.78, 5) is 13.2. The van der Waals surface area contributed by atoms with Gasteiger partial charge in [-0.15, -0.1) is 0 Å². The average Bonchev–Trinajstić information content (AvgIpc) is 2.36. The molecule has 118 valence electrons. The highest BCUT2D eigenvalue weighted by Gasteiger charge is 2.34. The molecular formula is C13H7F6NO2. The van der Waals surface area contributed by atoms with Gasteiger partial charge in [0, 0.05) is 6.07 Å². The van der Waals surface area contributed by atoms with Crippen molar-refractivity contribution in [1.29, 1.82) is 0 Å². The molecule has 0 fully saturated rings. The highest BCUT2D eigenvalue weighted by Crippen LogP contribution is 2.35. The second-order valence-corrected chi connectivity index (χ2v) is 4.35. The lowest BCUT2D eigenvalue weighted by atomic mass is 10.0. The SMILES string of the molecule is O=c1[nH]c(C(F)(F)F)cc(O)c1-c1cccc(C(F)(F)F)c1. The lowest BCUT2D eigenvalue weighted by Gasteiger charge is -2.11. The Hall–Kier alpha value is -2.45. The number of nitrogens with one attached hydrogen (secondary N) is 1. The quantitative estimate of drug-likeness (QED) is 0.785. The van der Waals surface area contributed by atoms with E-state index in [1.807, 2.05) is 0 Å². The topological polar surface area (TPSA) is 53.1 Å². The summed E-state index contributed by atoms with van der Waals surface area (Å²) >= 11 is 0. The molecule has 0 atom stereocenters. The Bertz CT molecular complexity index is 760. The zero-order valence-corrected chi connectivity index (χ0v) is 10.5. The van der Waals surface area contributed by atoms with Gasteiger partial charge in [-0.2, -0.15) is 26.3 Å². The number of hydrogen-bond acceptors (Lipinski definition) is 2. The normalized spacial score (nSPS) is 12.5. The molecule has 0 aliphatic carbocycles. The van der Waals surface area contributed by atoms with Gasteiger partial charge in [-0.1, -0.05) is 12.1 Å². The van der Waals surface area contributed by atoms with E-state index in [0.29, 0.717) is 6.07 Å². The van der Waals surface area contributed by atoms with Crippen LogP contribution in [0.15, 0.2) is 35.1 Å². The van der Waals surface area contributed by atoms with Gasteiger partial charge in [0.05, 0.1) is 11.1 Å². The monoisotopic (exact) mass is 323 g/mol. The average molecular weight is 323 g/mol. The molecule has 0 spiro atoms. The van der Waals surface area contributed by atoms with E-state index in [9.17, 15) is 36.2 Å². The zero-order chi connectivity index (χ0) is 16.7. The molecule has 1 aromatic carbocycles. The molecule has 0 saturated carbocycles. The summed E-state index contributed by atoms with van der Waals surface area (Å²) in [7, 11) is 0. The third-order valence-corrected chi connectivity index (χ3v) is 2.80. The minimum Gasteiger partial charge on any atom is -0.507 e. The molecule has 0 radical (unpaired) electrons. The van der Waals surface area contributed by atoms with Gasteiger partial charge >= 0.3 is 12.4 Å². The van der Waals surface area contributed by atoms with Crippen molar-refractivity contribution < 1.29 is 31.4 Å².